The van der Waals surface area contributed by atoms with E-state index in [1.165, 1.54) is 5.56 Å². The van der Waals surface area contributed by atoms with Gasteiger partial charge in [0.05, 0.1) is 18.6 Å². The topological polar surface area (TPSA) is 83.0 Å². The first-order valence-electron chi connectivity index (χ1n) is 8.52. The summed E-state index contributed by atoms with van der Waals surface area (Å²) < 4.78 is 28.0. The van der Waals surface area contributed by atoms with Crippen LogP contribution in [0.2, 0.25) is 0 Å². The minimum Gasteiger partial charge on any atom is -0.497 e. The maximum absolute atomic E-state index is 11.4. The van der Waals surface area contributed by atoms with Crippen LogP contribution in [0.1, 0.15) is 5.56 Å². The van der Waals surface area contributed by atoms with Crippen LogP contribution < -0.4 is 15.4 Å². The first-order valence-corrected chi connectivity index (χ1v) is 10.3. The van der Waals surface area contributed by atoms with Gasteiger partial charge in [0.25, 0.3) is 0 Å². The lowest BCUT2D eigenvalue weighted by Crippen LogP contribution is -2.46. The van der Waals surface area contributed by atoms with E-state index in [-0.39, 0.29) is 11.5 Å². The molecule has 1 fully saturated rings. The Morgan fingerprint density at radius 1 is 1.16 bits per heavy atom. The minimum absolute atomic E-state index is 0.266. The van der Waals surface area contributed by atoms with Crippen molar-refractivity contribution in [2.45, 2.75) is 6.42 Å². The maximum atomic E-state index is 11.4. The standard InChI is InChI=1S/C17H28N4O3S/c1-18-17(19-8-7-15-3-5-16(24-2)6-4-15)20-9-10-21-11-13-25(22,23)14-12-21/h3-6H,7-14H2,1-2H3,(H2,18,19,20). The van der Waals surface area contributed by atoms with E-state index in [1.807, 2.05) is 12.1 Å². The average molecular weight is 369 g/mol. The van der Waals surface area contributed by atoms with Gasteiger partial charge in [-0.2, -0.15) is 0 Å². The number of guanidine groups is 1. The van der Waals surface area contributed by atoms with Crippen LogP contribution in [-0.4, -0.2) is 77.7 Å². The van der Waals surface area contributed by atoms with Crippen molar-refractivity contribution in [3.05, 3.63) is 29.8 Å². The molecule has 0 aliphatic carbocycles. The molecule has 0 atom stereocenters. The third kappa shape index (κ3) is 6.91. The first-order chi connectivity index (χ1) is 12.0. The molecule has 140 valence electrons. The van der Waals surface area contributed by atoms with Gasteiger partial charge in [0, 0.05) is 39.8 Å². The van der Waals surface area contributed by atoms with Gasteiger partial charge < -0.3 is 15.4 Å². The zero-order valence-electron chi connectivity index (χ0n) is 15.0. The fourth-order valence-electron chi connectivity index (χ4n) is 2.64. The summed E-state index contributed by atoms with van der Waals surface area (Å²) in [4.78, 5) is 6.38. The molecule has 1 aromatic rings. The molecule has 1 saturated heterocycles. The van der Waals surface area contributed by atoms with Crippen LogP contribution in [0.5, 0.6) is 5.75 Å². The third-order valence-electron chi connectivity index (χ3n) is 4.25. The van der Waals surface area contributed by atoms with E-state index in [2.05, 4.69) is 32.7 Å². The number of methoxy groups -OCH3 is 1. The smallest absolute Gasteiger partial charge is 0.191 e. The van der Waals surface area contributed by atoms with Crippen molar-refractivity contribution in [3.8, 4) is 5.75 Å². The van der Waals surface area contributed by atoms with Crippen molar-refractivity contribution >= 4 is 15.8 Å². The van der Waals surface area contributed by atoms with Gasteiger partial charge in [-0.3, -0.25) is 9.89 Å². The Morgan fingerprint density at radius 2 is 1.80 bits per heavy atom. The molecule has 1 heterocycles. The molecule has 25 heavy (non-hydrogen) atoms. The molecule has 0 radical (unpaired) electrons. The highest BCUT2D eigenvalue weighted by Crippen LogP contribution is 2.11. The van der Waals surface area contributed by atoms with Gasteiger partial charge in [0.2, 0.25) is 0 Å². The van der Waals surface area contributed by atoms with Gasteiger partial charge in [-0.15, -0.1) is 0 Å². The lowest BCUT2D eigenvalue weighted by Gasteiger charge is -2.26. The number of sulfone groups is 1. The normalized spacial score (nSPS) is 17.9. The molecule has 0 saturated carbocycles. The quantitative estimate of drug-likeness (QED) is 0.526. The van der Waals surface area contributed by atoms with Crippen molar-refractivity contribution in [2.75, 3.05) is 58.4 Å². The molecule has 0 spiro atoms. The summed E-state index contributed by atoms with van der Waals surface area (Å²) in [5.74, 6) is 2.15. The molecule has 0 amide bonds. The average Bonchev–Trinajstić information content (AvgIpc) is 2.62. The predicted molar refractivity (Wildman–Crippen MR) is 101 cm³/mol. The Bertz CT molecular complexity index is 645. The summed E-state index contributed by atoms with van der Waals surface area (Å²) in [6.07, 6.45) is 0.897. The van der Waals surface area contributed by atoms with Crippen LogP contribution in [0.4, 0.5) is 0 Å². The fraction of sp³-hybridized carbons (Fsp3) is 0.588. The molecule has 8 heteroatoms. The molecule has 0 bridgehead atoms. The Morgan fingerprint density at radius 3 is 2.40 bits per heavy atom. The van der Waals surface area contributed by atoms with Crippen LogP contribution in [0.15, 0.2) is 29.3 Å². The molecule has 1 aromatic carbocycles. The van der Waals surface area contributed by atoms with Crippen LogP contribution in [0.25, 0.3) is 0 Å². The highest BCUT2D eigenvalue weighted by molar-refractivity contribution is 7.91. The molecule has 1 aliphatic rings. The number of ether oxygens (including phenoxy) is 1. The number of aliphatic imine (C=N–C) groups is 1. The number of nitrogens with one attached hydrogen (secondary N) is 2. The van der Waals surface area contributed by atoms with Gasteiger partial charge in [-0.25, -0.2) is 8.42 Å². The lowest BCUT2D eigenvalue weighted by atomic mass is 10.1. The summed E-state index contributed by atoms with van der Waals surface area (Å²) in [6.45, 7) is 3.58. The van der Waals surface area contributed by atoms with Gasteiger partial charge in [0.1, 0.15) is 5.75 Å². The van der Waals surface area contributed by atoms with E-state index in [0.29, 0.717) is 13.1 Å². The molecule has 2 rings (SSSR count). The van der Waals surface area contributed by atoms with Gasteiger partial charge >= 0.3 is 0 Å². The second kappa shape index (κ2) is 9.62. The first kappa shape index (κ1) is 19.5. The molecular formula is C17H28N4O3S. The zero-order valence-corrected chi connectivity index (χ0v) is 15.8. The van der Waals surface area contributed by atoms with E-state index in [9.17, 15) is 8.42 Å². The molecular weight excluding hydrogens is 340 g/mol. The largest absolute Gasteiger partial charge is 0.497 e. The Labute approximate surface area is 150 Å². The van der Waals surface area contributed by atoms with Crippen molar-refractivity contribution in [2.24, 2.45) is 4.99 Å². The number of benzene rings is 1. The molecule has 0 aromatic heterocycles. The SMILES string of the molecule is CN=C(NCCc1ccc(OC)cc1)NCCN1CCS(=O)(=O)CC1. The van der Waals surface area contributed by atoms with E-state index < -0.39 is 9.84 Å². The number of hydrogen-bond donors (Lipinski definition) is 2. The van der Waals surface area contributed by atoms with Gasteiger partial charge in [-0.1, -0.05) is 12.1 Å². The second-order valence-electron chi connectivity index (χ2n) is 6.02. The minimum atomic E-state index is -2.81. The van der Waals surface area contributed by atoms with Gasteiger partial charge in [0.15, 0.2) is 15.8 Å². The fourth-order valence-corrected chi connectivity index (χ4v) is 3.92. The predicted octanol–water partition coefficient (Wildman–Crippen LogP) is 0.133. The van der Waals surface area contributed by atoms with Crippen molar-refractivity contribution in [1.29, 1.82) is 0 Å². The molecule has 0 unspecified atom stereocenters. The monoisotopic (exact) mass is 368 g/mol. The highest BCUT2D eigenvalue weighted by Gasteiger charge is 2.20. The Kier molecular flexibility index (Phi) is 7.52. The van der Waals surface area contributed by atoms with Crippen LogP contribution >= 0.6 is 0 Å². The summed E-state index contributed by atoms with van der Waals surface area (Å²) in [6, 6.07) is 8.03. The third-order valence-corrected chi connectivity index (χ3v) is 5.86. The Balaban J connectivity index is 1.63. The van der Waals surface area contributed by atoms with E-state index in [0.717, 1.165) is 37.8 Å². The van der Waals surface area contributed by atoms with Crippen LogP contribution in [-0.2, 0) is 16.3 Å². The maximum Gasteiger partial charge on any atom is 0.191 e. The lowest BCUT2D eigenvalue weighted by molar-refractivity contribution is 0.299. The van der Waals surface area contributed by atoms with E-state index >= 15 is 0 Å². The van der Waals surface area contributed by atoms with Crippen LogP contribution in [0.3, 0.4) is 0 Å². The van der Waals surface area contributed by atoms with Crippen molar-refractivity contribution < 1.29 is 13.2 Å². The summed E-state index contributed by atoms with van der Waals surface area (Å²) in [5.41, 5.74) is 1.23. The van der Waals surface area contributed by atoms with E-state index in [1.54, 1.807) is 14.2 Å². The number of nitrogens with zero attached hydrogens (tertiary/aromatic N) is 2. The van der Waals surface area contributed by atoms with Crippen molar-refractivity contribution in [3.63, 3.8) is 0 Å². The zero-order chi connectivity index (χ0) is 18.1. The summed E-state index contributed by atoms with van der Waals surface area (Å²) >= 11 is 0. The second-order valence-corrected chi connectivity index (χ2v) is 8.32. The number of rotatable bonds is 7. The van der Waals surface area contributed by atoms with E-state index in [4.69, 9.17) is 4.74 Å². The van der Waals surface area contributed by atoms with Crippen molar-refractivity contribution in [1.82, 2.24) is 15.5 Å². The molecule has 1 aliphatic heterocycles. The highest BCUT2D eigenvalue weighted by atomic mass is 32.2. The summed E-state index contributed by atoms with van der Waals surface area (Å²) in [7, 11) is 0.597. The Hall–Kier alpha value is -1.80. The molecule has 7 nitrogen and oxygen atoms in total. The van der Waals surface area contributed by atoms with Gasteiger partial charge in [-0.05, 0) is 24.1 Å². The summed E-state index contributed by atoms with van der Waals surface area (Å²) in [5, 5.41) is 6.56. The molecule has 2 N–H and O–H groups in total. The number of hydrogen-bond acceptors (Lipinski definition) is 5. The van der Waals surface area contributed by atoms with Crippen LogP contribution in [0, 0.1) is 0 Å².